The van der Waals surface area contributed by atoms with E-state index in [4.69, 9.17) is 0 Å². The van der Waals surface area contributed by atoms with Crippen molar-refractivity contribution in [1.29, 1.82) is 0 Å². The minimum atomic E-state index is 0.361. The number of nitrogens with zero attached hydrogens (tertiary/aromatic N) is 2. The van der Waals surface area contributed by atoms with Crippen molar-refractivity contribution < 1.29 is 4.79 Å². The van der Waals surface area contributed by atoms with Crippen LogP contribution in [0.15, 0.2) is 12.7 Å². The molecule has 0 aromatic rings. The van der Waals surface area contributed by atoms with Crippen LogP contribution >= 0.6 is 0 Å². The summed E-state index contributed by atoms with van der Waals surface area (Å²) < 4.78 is 0. The lowest BCUT2D eigenvalue weighted by atomic mass is 9.94. The Morgan fingerprint density at radius 1 is 1.22 bits per heavy atom. The van der Waals surface area contributed by atoms with Gasteiger partial charge in [-0.3, -0.25) is 9.69 Å². The van der Waals surface area contributed by atoms with Crippen LogP contribution in [0.4, 0.5) is 0 Å². The summed E-state index contributed by atoms with van der Waals surface area (Å²) in [5.41, 5.74) is 0. The van der Waals surface area contributed by atoms with Gasteiger partial charge in [0.1, 0.15) is 0 Å². The van der Waals surface area contributed by atoms with E-state index in [-0.39, 0.29) is 0 Å². The highest BCUT2D eigenvalue weighted by Crippen LogP contribution is 2.17. The minimum Gasteiger partial charge on any atom is -0.340 e. The monoisotopic (exact) mass is 251 g/mol. The minimum absolute atomic E-state index is 0.361. The molecule has 2 saturated heterocycles. The van der Waals surface area contributed by atoms with E-state index >= 15 is 0 Å². The van der Waals surface area contributed by atoms with E-state index in [1.807, 2.05) is 11.0 Å². The third-order valence-electron chi connectivity index (χ3n) is 4.03. The van der Waals surface area contributed by atoms with Crippen molar-refractivity contribution in [2.75, 3.05) is 45.8 Å². The highest BCUT2D eigenvalue weighted by molar-refractivity contribution is 5.76. The van der Waals surface area contributed by atoms with Crippen molar-refractivity contribution in [3.63, 3.8) is 0 Å². The average molecular weight is 251 g/mol. The highest BCUT2D eigenvalue weighted by atomic mass is 16.2. The smallest absolute Gasteiger partial charge is 0.222 e. The number of piperidine rings is 1. The molecule has 2 heterocycles. The van der Waals surface area contributed by atoms with Gasteiger partial charge in [0.2, 0.25) is 5.91 Å². The van der Waals surface area contributed by atoms with Crippen LogP contribution in [-0.2, 0) is 4.79 Å². The van der Waals surface area contributed by atoms with Crippen molar-refractivity contribution in [1.82, 2.24) is 15.1 Å². The first-order valence-electron chi connectivity index (χ1n) is 7.11. The Kier molecular flexibility index (Phi) is 5.20. The third-order valence-corrected chi connectivity index (χ3v) is 4.03. The van der Waals surface area contributed by atoms with Crippen LogP contribution in [0.5, 0.6) is 0 Å². The second-order valence-corrected chi connectivity index (χ2v) is 5.37. The first-order valence-corrected chi connectivity index (χ1v) is 7.11. The molecule has 0 aliphatic carbocycles. The molecular weight excluding hydrogens is 226 g/mol. The number of carbonyl (C=O) groups is 1. The summed E-state index contributed by atoms with van der Waals surface area (Å²) in [7, 11) is 0. The van der Waals surface area contributed by atoms with E-state index in [0.29, 0.717) is 11.8 Å². The second kappa shape index (κ2) is 6.90. The van der Waals surface area contributed by atoms with Gasteiger partial charge in [0.15, 0.2) is 0 Å². The SMILES string of the molecule is C=CCN1CCN(C(=O)CC2CCNCC2)CC1. The van der Waals surface area contributed by atoms with Crippen molar-refractivity contribution in [3.05, 3.63) is 12.7 Å². The van der Waals surface area contributed by atoms with Gasteiger partial charge < -0.3 is 10.2 Å². The molecule has 4 nitrogen and oxygen atoms in total. The van der Waals surface area contributed by atoms with Gasteiger partial charge in [0.25, 0.3) is 0 Å². The van der Waals surface area contributed by atoms with E-state index in [1.165, 1.54) is 0 Å². The summed E-state index contributed by atoms with van der Waals surface area (Å²) in [6.07, 6.45) is 5.00. The van der Waals surface area contributed by atoms with Crippen LogP contribution < -0.4 is 5.32 Å². The summed E-state index contributed by atoms with van der Waals surface area (Å²) in [6.45, 7) is 10.6. The number of carbonyl (C=O) groups excluding carboxylic acids is 1. The topological polar surface area (TPSA) is 35.6 Å². The van der Waals surface area contributed by atoms with Gasteiger partial charge in [-0.15, -0.1) is 6.58 Å². The van der Waals surface area contributed by atoms with E-state index < -0.39 is 0 Å². The molecule has 4 heteroatoms. The van der Waals surface area contributed by atoms with Crippen molar-refractivity contribution >= 4 is 5.91 Å². The number of amides is 1. The number of rotatable bonds is 4. The molecule has 0 bridgehead atoms. The molecule has 0 aromatic carbocycles. The summed E-state index contributed by atoms with van der Waals surface area (Å²) in [5, 5.41) is 3.35. The molecule has 0 atom stereocenters. The van der Waals surface area contributed by atoms with Crippen LogP contribution in [0.2, 0.25) is 0 Å². The quantitative estimate of drug-likeness (QED) is 0.747. The number of hydrogen-bond donors (Lipinski definition) is 1. The molecule has 1 amide bonds. The molecule has 0 saturated carbocycles. The van der Waals surface area contributed by atoms with Crippen molar-refractivity contribution in [3.8, 4) is 0 Å². The third kappa shape index (κ3) is 3.82. The van der Waals surface area contributed by atoms with Crippen LogP contribution in [0.1, 0.15) is 19.3 Å². The van der Waals surface area contributed by atoms with Gasteiger partial charge in [-0.2, -0.15) is 0 Å². The maximum atomic E-state index is 12.2. The normalized spacial score (nSPS) is 23.0. The lowest BCUT2D eigenvalue weighted by molar-refractivity contribution is -0.134. The summed E-state index contributed by atoms with van der Waals surface area (Å²) in [6, 6.07) is 0. The molecule has 1 N–H and O–H groups in total. The Bertz CT molecular complexity index is 279. The van der Waals surface area contributed by atoms with Crippen LogP contribution in [0.3, 0.4) is 0 Å². The predicted molar refractivity (Wildman–Crippen MR) is 73.4 cm³/mol. The van der Waals surface area contributed by atoms with E-state index in [1.54, 1.807) is 0 Å². The molecule has 102 valence electrons. The highest BCUT2D eigenvalue weighted by Gasteiger charge is 2.23. The largest absolute Gasteiger partial charge is 0.340 e. The predicted octanol–water partition coefficient (Wildman–Crippen LogP) is 0.706. The van der Waals surface area contributed by atoms with Crippen LogP contribution in [0.25, 0.3) is 0 Å². The van der Waals surface area contributed by atoms with Gasteiger partial charge in [0, 0.05) is 39.1 Å². The Hall–Kier alpha value is -0.870. The molecule has 18 heavy (non-hydrogen) atoms. The Morgan fingerprint density at radius 3 is 2.50 bits per heavy atom. The number of nitrogens with one attached hydrogen (secondary N) is 1. The van der Waals surface area contributed by atoms with E-state index in [9.17, 15) is 4.79 Å². The molecule has 0 radical (unpaired) electrons. The zero-order valence-corrected chi connectivity index (χ0v) is 11.2. The molecule has 0 spiro atoms. The molecule has 2 aliphatic rings. The van der Waals surface area contributed by atoms with E-state index in [0.717, 1.165) is 65.1 Å². The first-order chi connectivity index (χ1) is 8.79. The van der Waals surface area contributed by atoms with Crippen molar-refractivity contribution in [2.24, 2.45) is 5.92 Å². The van der Waals surface area contributed by atoms with Gasteiger partial charge in [-0.05, 0) is 31.8 Å². The lowest BCUT2D eigenvalue weighted by Crippen LogP contribution is -2.49. The molecule has 0 aromatic heterocycles. The van der Waals surface area contributed by atoms with Crippen LogP contribution in [-0.4, -0.2) is 61.5 Å². The average Bonchev–Trinajstić information content (AvgIpc) is 2.41. The molecular formula is C14H25N3O. The van der Waals surface area contributed by atoms with Gasteiger partial charge in [-0.1, -0.05) is 6.08 Å². The zero-order chi connectivity index (χ0) is 12.8. The Labute approximate surface area is 110 Å². The zero-order valence-electron chi connectivity index (χ0n) is 11.2. The second-order valence-electron chi connectivity index (χ2n) is 5.37. The van der Waals surface area contributed by atoms with Crippen molar-refractivity contribution in [2.45, 2.75) is 19.3 Å². The summed E-state index contributed by atoms with van der Waals surface area (Å²) >= 11 is 0. The lowest BCUT2D eigenvalue weighted by Gasteiger charge is -2.35. The molecule has 2 rings (SSSR count). The fraction of sp³-hybridized carbons (Fsp3) is 0.786. The standard InChI is InChI=1S/C14H25N3O/c1-2-7-16-8-10-17(11-9-16)14(18)12-13-3-5-15-6-4-13/h2,13,15H,1,3-12H2. The van der Waals surface area contributed by atoms with E-state index in [2.05, 4.69) is 16.8 Å². The molecule has 2 aliphatic heterocycles. The Balaban J connectivity index is 1.71. The van der Waals surface area contributed by atoms with Gasteiger partial charge in [-0.25, -0.2) is 0 Å². The summed E-state index contributed by atoms with van der Waals surface area (Å²) in [5.74, 6) is 0.963. The maximum Gasteiger partial charge on any atom is 0.222 e. The van der Waals surface area contributed by atoms with Gasteiger partial charge >= 0.3 is 0 Å². The molecule has 0 unspecified atom stereocenters. The van der Waals surface area contributed by atoms with Gasteiger partial charge in [0.05, 0.1) is 0 Å². The molecule has 2 fully saturated rings. The first kappa shape index (κ1) is 13.6. The van der Waals surface area contributed by atoms with Crippen LogP contribution in [0, 0.1) is 5.92 Å². The number of piperazine rings is 1. The fourth-order valence-corrected chi connectivity index (χ4v) is 2.82. The maximum absolute atomic E-state index is 12.2. The summed E-state index contributed by atoms with van der Waals surface area (Å²) in [4.78, 5) is 16.6. The fourth-order valence-electron chi connectivity index (χ4n) is 2.82. The Morgan fingerprint density at radius 2 is 1.89 bits per heavy atom. The number of hydrogen-bond acceptors (Lipinski definition) is 3.